The van der Waals surface area contributed by atoms with Gasteiger partial charge in [0.1, 0.15) is 0 Å². The molecule has 0 fully saturated rings. The van der Waals surface area contributed by atoms with Gasteiger partial charge in [-0.05, 0) is 26.0 Å². The van der Waals surface area contributed by atoms with Crippen LogP contribution >= 0.6 is 22.9 Å². The number of pyridine rings is 1. The van der Waals surface area contributed by atoms with Crippen molar-refractivity contribution >= 4 is 50.8 Å². The number of benzene rings is 2. The molecular formula is C27H25ClN4O3S. The standard InChI is InChI=1S/C27H25ClN4O3S/c1-16(2)32-12-11-22-19(13-32)25(18-8-4-6-10-21(18)29-22)26(34)35-14-24(33)31-27-30-23(15-36-27)17-7-3-5-9-20(17)28/h3-10,15-16H,11-14H2,1-2H3,(H,30,31,33). The van der Waals surface area contributed by atoms with Crippen LogP contribution in [0.1, 0.15) is 35.5 Å². The first-order valence-electron chi connectivity index (χ1n) is 11.7. The minimum absolute atomic E-state index is 0.341. The number of carbonyl (C=O) groups excluding carboxylic acids is 2. The Hall–Kier alpha value is -3.33. The molecule has 0 saturated carbocycles. The summed E-state index contributed by atoms with van der Waals surface area (Å²) in [6.45, 7) is 5.36. The molecule has 7 nitrogen and oxygen atoms in total. The van der Waals surface area contributed by atoms with E-state index in [9.17, 15) is 9.59 Å². The molecule has 0 bridgehead atoms. The van der Waals surface area contributed by atoms with E-state index < -0.39 is 18.5 Å². The van der Waals surface area contributed by atoms with E-state index in [2.05, 4.69) is 29.0 Å². The van der Waals surface area contributed by atoms with Crippen molar-refractivity contribution in [3.05, 3.63) is 75.8 Å². The lowest BCUT2D eigenvalue weighted by molar-refractivity contribution is -0.119. The number of nitrogens with one attached hydrogen (secondary N) is 1. The minimum atomic E-state index is -0.526. The Morgan fingerprint density at radius 3 is 2.72 bits per heavy atom. The molecule has 9 heteroatoms. The molecule has 1 aliphatic heterocycles. The molecule has 0 unspecified atom stereocenters. The third-order valence-electron chi connectivity index (χ3n) is 6.25. The van der Waals surface area contributed by atoms with Gasteiger partial charge in [0.2, 0.25) is 0 Å². The van der Waals surface area contributed by atoms with Crippen molar-refractivity contribution in [2.45, 2.75) is 32.9 Å². The monoisotopic (exact) mass is 520 g/mol. The Kier molecular flexibility index (Phi) is 7.00. The van der Waals surface area contributed by atoms with E-state index in [1.54, 1.807) is 6.07 Å². The molecule has 5 rings (SSSR count). The van der Waals surface area contributed by atoms with E-state index >= 15 is 0 Å². The molecule has 0 saturated heterocycles. The fourth-order valence-electron chi connectivity index (χ4n) is 4.37. The largest absolute Gasteiger partial charge is 0.452 e. The van der Waals surface area contributed by atoms with Crippen LogP contribution in [0.15, 0.2) is 53.9 Å². The zero-order chi connectivity index (χ0) is 25.2. The molecule has 0 radical (unpaired) electrons. The van der Waals surface area contributed by atoms with Crippen molar-refractivity contribution < 1.29 is 14.3 Å². The van der Waals surface area contributed by atoms with Crippen LogP contribution in [0.3, 0.4) is 0 Å². The van der Waals surface area contributed by atoms with Crippen LogP contribution in [-0.2, 0) is 22.5 Å². The number of para-hydroxylation sites is 1. The summed E-state index contributed by atoms with van der Waals surface area (Å²) in [4.78, 5) is 37.5. The first kappa shape index (κ1) is 24.4. The quantitative estimate of drug-likeness (QED) is 0.334. The van der Waals surface area contributed by atoms with Crippen molar-refractivity contribution in [2.75, 3.05) is 18.5 Å². The Labute approximate surface area is 218 Å². The van der Waals surface area contributed by atoms with Crippen molar-refractivity contribution in [1.29, 1.82) is 0 Å². The number of ether oxygens (including phenoxy) is 1. The average molecular weight is 521 g/mol. The normalized spacial score (nSPS) is 13.6. The predicted octanol–water partition coefficient (Wildman–Crippen LogP) is 5.57. The van der Waals surface area contributed by atoms with Crippen LogP contribution in [0.25, 0.3) is 22.2 Å². The summed E-state index contributed by atoms with van der Waals surface area (Å²) in [6, 6.07) is 15.3. The number of nitrogens with zero attached hydrogens (tertiary/aromatic N) is 3. The maximum Gasteiger partial charge on any atom is 0.339 e. The number of esters is 1. The van der Waals surface area contributed by atoms with Crippen LogP contribution in [0, 0.1) is 0 Å². The van der Waals surface area contributed by atoms with Crippen LogP contribution in [0.4, 0.5) is 5.13 Å². The minimum Gasteiger partial charge on any atom is -0.452 e. The van der Waals surface area contributed by atoms with Gasteiger partial charge < -0.3 is 4.74 Å². The van der Waals surface area contributed by atoms with E-state index in [0.29, 0.717) is 34.0 Å². The Morgan fingerprint density at radius 1 is 1.14 bits per heavy atom. The van der Waals surface area contributed by atoms with Gasteiger partial charge in [-0.2, -0.15) is 0 Å². The van der Waals surface area contributed by atoms with Crippen LogP contribution in [0.2, 0.25) is 5.02 Å². The molecule has 0 aliphatic carbocycles. The summed E-state index contributed by atoms with van der Waals surface area (Å²) in [6.07, 6.45) is 0.761. The molecule has 184 valence electrons. The summed E-state index contributed by atoms with van der Waals surface area (Å²) in [7, 11) is 0. The highest BCUT2D eigenvalue weighted by Gasteiger charge is 2.28. The first-order chi connectivity index (χ1) is 17.4. The second-order valence-electron chi connectivity index (χ2n) is 8.89. The fourth-order valence-corrected chi connectivity index (χ4v) is 5.33. The van der Waals surface area contributed by atoms with Gasteiger partial charge in [-0.15, -0.1) is 11.3 Å². The highest BCUT2D eigenvalue weighted by atomic mass is 35.5. The Balaban J connectivity index is 1.32. The Bertz CT molecular complexity index is 1450. The van der Waals surface area contributed by atoms with Crippen molar-refractivity contribution in [3.63, 3.8) is 0 Å². The number of rotatable bonds is 6. The van der Waals surface area contributed by atoms with Gasteiger partial charge in [0.25, 0.3) is 5.91 Å². The molecule has 0 spiro atoms. The van der Waals surface area contributed by atoms with E-state index in [1.165, 1.54) is 11.3 Å². The van der Waals surface area contributed by atoms with Gasteiger partial charge in [0.15, 0.2) is 11.7 Å². The zero-order valence-corrected chi connectivity index (χ0v) is 21.5. The van der Waals surface area contributed by atoms with Crippen molar-refractivity contribution in [2.24, 2.45) is 0 Å². The molecule has 0 atom stereocenters. The van der Waals surface area contributed by atoms with Crippen LogP contribution in [0.5, 0.6) is 0 Å². The number of fused-ring (bicyclic) bond motifs is 2. The summed E-state index contributed by atoms with van der Waals surface area (Å²) < 4.78 is 5.50. The summed E-state index contributed by atoms with van der Waals surface area (Å²) in [5.41, 5.74) is 4.49. The number of halogens is 1. The highest BCUT2D eigenvalue weighted by molar-refractivity contribution is 7.14. The molecule has 36 heavy (non-hydrogen) atoms. The third-order valence-corrected chi connectivity index (χ3v) is 7.33. The number of aromatic nitrogens is 2. The fraction of sp³-hybridized carbons (Fsp3) is 0.259. The van der Waals surface area contributed by atoms with Gasteiger partial charge in [0.05, 0.1) is 16.8 Å². The van der Waals surface area contributed by atoms with Gasteiger partial charge in [0, 0.05) is 58.2 Å². The van der Waals surface area contributed by atoms with Crippen molar-refractivity contribution in [3.8, 4) is 11.3 Å². The van der Waals surface area contributed by atoms with Crippen LogP contribution in [-0.4, -0.2) is 45.9 Å². The third kappa shape index (κ3) is 4.97. The molecule has 2 aromatic heterocycles. The van der Waals surface area contributed by atoms with Gasteiger partial charge in [-0.1, -0.05) is 48.0 Å². The van der Waals surface area contributed by atoms with E-state index in [-0.39, 0.29) is 0 Å². The lowest BCUT2D eigenvalue weighted by Gasteiger charge is -2.32. The lowest BCUT2D eigenvalue weighted by Crippen LogP contribution is -2.37. The number of anilines is 1. The molecule has 4 aromatic rings. The van der Waals surface area contributed by atoms with Gasteiger partial charge in [-0.25, -0.2) is 9.78 Å². The summed E-state index contributed by atoms with van der Waals surface area (Å²) in [5.74, 6) is -0.985. The zero-order valence-electron chi connectivity index (χ0n) is 20.0. The SMILES string of the molecule is CC(C)N1CCc2nc3ccccc3c(C(=O)OCC(=O)Nc3nc(-c4ccccc4Cl)cs3)c2C1. The maximum atomic E-state index is 13.3. The molecule has 1 amide bonds. The molecule has 3 heterocycles. The molecule has 1 aliphatic rings. The highest BCUT2D eigenvalue weighted by Crippen LogP contribution is 2.31. The second kappa shape index (κ2) is 10.3. The summed E-state index contributed by atoms with van der Waals surface area (Å²) >= 11 is 7.53. The number of hydrogen-bond acceptors (Lipinski definition) is 7. The number of amides is 1. The van der Waals surface area contributed by atoms with Gasteiger partial charge >= 0.3 is 5.97 Å². The molecule has 2 aromatic carbocycles. The van der Waals surface area contributed by atoms with E-state index in [4.69, 9.17) is 21.3 Å². The van der Waals surface area contributed by atoms with E-state index in [1.807, 2.05) is 47.8 Å². The number of thiazole rings is 1. The predicted molar refractivity (Wildman–Crippen MR) is 142 cm³/mol. The average Bonchev–Trinajstić information content (AvgIpc) is 3.33. The smallest absolute Gasteiger partial charge is 0.339 e. The first-order valence-corrected chi connectivity index (χ1v) is 13.0. The molecule has 1 N–H and O–H groups in total. The van der Waals surface area contributed by atoms with E-state index in [0.717, 1.165) is 40.7 Å². The summed E-state index contributed by atoms with van der Waals surface area (Å²) in [5, 5.41) is 6.25. The number of hydrogen-bond donors (Lipinski definition) is 1. The van der Waals surface area contributed by atoms with Gasteiger partial charge in [-0.3, -0.25) is 20.0 Å². The topological polar surface area (TPSA) is 84.4 Å². The van der Waals surface area contributed by atoms with Crippen LogP contribution < -0.4 is 5.32 Å². The lowest BCUT2D eigenvalue weighted by atomic mass is 9.95. The molecular weight excluding hydrogens is 496 g/mol. The second-order valence-corrected chi connectivity index (χ2v) is 10.2. The van der Waals surface area contributed by atoms with Crippen molar-refractivity contribution in [1.82, 2.24) is 14.9 Å². The number of carbonyl (C=O) groups is 2. The maximum absolute atomic E-state index is 13.3. The Morgan fingerprint density at radius 2 is 1.92 bits per heavy atom.